The molecule has 6 nitrogen and oxygen atoms in total. The minimum atomic E-state index is -0.761. The van der Waals surface area contributed by atoms with Gasteiger partial charge in [-0.15, -0.1) is 0 Å². The van der Waals surface area contributed by atoms with E-state index in [2.05, 4.69) is 20.8 Å². The second-order valence-electron chi connectivity index (χ2n) is 21.0. The van der Waals surface area contributed by atoms with Gasteiger partial charge in [-0.25, -0.2) is 0 Å². The van der Waals surface area contributed by atoms with E-state index < -0.39 is 6.10 Å². The Morgan fingerprint density at radius 3 is 0.597 bits per heavy atom. The molecule has 0 saturated carbocycles. The summed E-state index contributed by atoms with van der Waals surface area (Å²) >= 11 is 0. The third-order valence-corrected chi connectivity index (χ3v) is 14.1. The van der Waals surface area contributed by atoms with E-state index in [9.17, 15) is 14.4 Å². The molecule has 0 amide bonds. The van der Waals surface area contributed by atoms with Crippen LogP contribution in [0.2, 0.25) is 0 Å². The fourth-order valence-corrected chi connectivity index (χ4v) is 9.51. The fraction of sp³-hybridized carbons (Fsp3) is 0.951. The van der Waals surface area contributed by atoms with Gasteiger partial charge in [-0.3, -0.25) is 14.4 Å². The zero-order valence-electron chi connectivity index (χ0n) is 45.7. The lowest BCUT2D eigenvalue weighted by molar-refractivity contribution is -0.167. The maximum Gasteiger partial charge on any atom is 0.306 e. The summed E-state index contributed by atoms with van der Waals surface area (Å²) in [6.45, 7) is 6.72. The predicted octanol–water partition coefficient (Wildman–Crippen LogP) is 20.3. The third-order valence-electron chi connectivity index (χ3n) is 14.1. The molecular formula is C61H118O6. The Morgan fingerprint density at radius 2 is 0.403 bits per heavy atom. The zero-order chi connectivity index (χ0) is 48.6. The Bertz CT molecular complexity index is 998. The zero-order valence-corrected chi connectivity index (χ0v) is 45.7. The Hall–Kier alpha value is -1.59. The summed E-state index contributed by atoms with van der Waals surface area (Å²) in [4.78, 5) is 38.2. The molecular weight excluding hydrogens is 829 g/mol. The predicted molar refractivity (Wildman–Crippen MR) is 289 cm³/mol. The van der Waals surface area contributed by atoms with Gasteiger partial charge in [-0.1, -0.05) is 316 Å². The fourth-order valence-electron chi connectivity index (χ4n) is 9.51. The molecule has 0 aliphatic carbocycles. The summed E-state index contributed by atoms with van der Waals surface area (Å²) in [7, 11) is 0. The highest BCUT2D eigenvalue weighted by Gasteiger charge is 2.19. The van der Waals surface area contributed by atoms with Crippen LogP contribution in [0.25, 0.3) is 0 Å². The smallest absolute Gasteiger partial charge is 0.306 e. The molecule has 0 saturated heterocycles. The normalized spacial score (nSPS) is 11.9. The number of ether oxygens (including phenoxy) is 3. The van der Waals surface area contributed by atoms with Crippen molar-refractivity contribution in [2.24, 2.45) is 0 Å². The van der Waals surface area contributed by atoms with Crippen molar-refractivity contribution in [2.45, 2.75) is 361 Å². The molecule has 0 spiro atoms. The second-order valence-corrected chi connectivity index (χ2v) is 21.0. The Morgan fingerprint density at radius 1 is 0.239 bits per heavy atom. The number of carbonyl (C=O) groups is 3. The molecule has 0 bridgehead atoms. The average molecular weight is 948 g/mol. The third kappa shape index (κ3) is 55.2. The van der Waals surface area contributed by atoms with E-state index in [1.807, 2.05) is 0 Å². The highest BCUT2D eigenvalue weighted by Crippen LogP contribution is 2.18. The van der Waals surface area contributed by atoms with Crippen LogP contribution in [0.15, 0.2) is 0 Å². The summed E-state index contributed by atoms with van der Waals surface area (Å²) in [5, 5.41) is 0. The lowest BCUT2D eigenvalue weighted by atomic mass is 10.0. The van der Waals surface area contributed by atoms with E-state index in [0.29, 0.717) is 19.3 Å². The van der Waals surface area contributed by atoms with Gasteiger partial charge in [-0.2, -0.15) is 0 Å². The Kier molecular flexibility index (Phi) is 55.6. The SMILES string of the molecule is CCCCCCCCCCCCCCCCCCCCCC(=O)O[C@H](COC(=O)CCCCCCCCCCCCCCCC)COC(=O)CCCCCCCCCCCCCCCCCC. The molecule has 67 heavy (non-hydrogen) atoms. The summed E-state index contributed by atoms with van der Waals surface area (Å²) in [5.41, 5.74) is 0. The Balaban J connectivity index is 4.28. The molecule has 1 atom stereocenters. The number of rotatable bonds is 57. The summed E-state index contributed by atoms with van der Waals surface area (Å²) in [6, 6.07) is 0. The van der Waals surface area contributed by atoms with Crippen LogP contribution in [0.1, 0.15) is 355 Å². The van der Waals surface area contributed by atoms with Crippen LogP contribution in [-0.2, 0) is 28.6 Å². The lowest BCUT2D eigenvalue weighted by Crippen LogP contribution is -2.30. The maximum atomic E-state index is 12.9. The van der Waals surface area contributed by atoms with Gasteiger partial charge in [0.2, 0.25) is 0 Å². The minimum Gasteiger partial charge on any atom is -0.462 e. The highest BCUT2D eigenvalue weighted by molar-refractivity contribution is 5.71. The summed E-state index contributed by atoms with van der Waals surface area (Å²) < 4.78 is 16.9. The molecule has 0 aromatic heterocycles. The van der Waals surface area contributed by atoms with Crippen LogP contribution < -0.4 is 0 Å². The lowest BCUT2D eigenvalue weighted by Gasteiger charge is -2.18. The van der Waals surface area contributed by atoms with Crippen molar-refractivity contribution in [3.05, 3.63) is 0 Å². The average Bonchev–Trinajstić information content (AvgIpc) is 3.33. The number of hydrogen-bond donors (Lipinski definition) is 0. The molecule has 0 aliphatic heterocycles. The van der Waals surface area contributed by atoms with Crippen LogP contribution in [-0.4, -0.2) is 37.2 Å². The van der Waals surface area contributed by atoms with Gasteiger partial charge in [0.05, 0.1) is 0 Å². The molecule has 0 rings (SSSR count). The molecule has 0 aromatic rings. The molecule has 0 heterocycles. The standard InChI is InChI=1S/C61H118O6/c1-4-7-10-13-16-19-22-25-28-30-31-32-34-37-40-43-46-49-52-55-61(64)67-58(56-65-59(62)53-50-47-44-41-38-35-27-24-21-18-15-12-9-6-3)57-66-60(63)54-51-48-45-42-39-36-33-29-26-23-20-17-14-11-8-5-2/h58H,4-57H2,1-3H3/t58-/m1/s1. The van der Waals surface area contributed by atoms with Crippen molar-refractivity contribution in [1.82, 2.24) is 0 Å². The number of carbonyl (C=O) groups excluding carboxylic acids is 3. The topological polar surface area (TPSA) is 78.9 Å². The van der Waals surface area contributed by atoms with E-state index in [-0.39, 0.29) is 31.1 Å². The number of esters is 3. The maximum absolute atomic E-state index is 12.9. The van der Waals surface area contributed by atoms with Gasteiger partial charge in [0.1, 0.15) is 13.2 Å². The van der Waals surface area contributed by atoms with Crippen LogP contribution in [0.3, 0.4) is 0 Å². The van der Waals surface area contributed by atoms with Gasteiger partial charge in [0, 0.05) is 19.3 Å². The summed E-state index contributed by atoms with van der Waals surface area (Å²) in [6.07, 6.45) is 63.8. The van der Waals surface area contributed by atoms with Crippen molar-refractivity contribution in [1.29, 1.82) is 0 Å². The monoisotopic (exact) mass is 947 g/mol. The first-order chi connectivity index (χ1) is 33.0. The minimum absolute atomic E-state index is 0.0608. The molecule has 398 valence electrons. The summed E-state index contributed by atoms with van der Waals surface area (Å²) in [5.74, 6) is -0.828. The highest BCUT2D eigenvalue weighted by atomic mass is 16.6. The molecule has 0 radical (unpaired) electrons. The molecule has 0 aliphatic rings. The van der Waals surface area contributed by atoms with Crippen LogP contribution in [0.4, 0.5) is 0 Å². The number of unbranched alkanes of at least 4 members (excludes halogenated alkanes) is 46. The van der Waals surface area contributed by atoms with Crippen molar-refractivity contribution < 1.29 is 28.6 Å². The van der Waals surface area contributed by atoms with Crippen LogP contribution >= 0.6 is 0 Å². The van der Waals surface area contributed by atoms with Gasteiger partial charge in [-0.05, 0) is 19.3 Å². The van der Waals surface area contributed by atoms with E-state index in [1.54, 1.807) is 0 Å². The van der Waals surface area contributed by atoms with Crippen molar-refractivity contribution in [3.8, 4) is 0 Å². The van der Waals surface area contributed by atoms with E-state index in [0.717, 1.165) is 57.8 Å². The van der Waals surface area contributed by atoms with Gasteiger partial charge in [0.25, 0.3) is 0 Å². The van der Waals surface area contributed by atoms with Crippen molar-refractivity contribution in [3.63, 3.8) is 0 Å². The van der Waals surface area contributed by atoms with Crippen molar-refractivity contribution in [2.75, 3.05) is 13.2 Å². The Labute approximate surface area is 418 Å². The van der Waals surface area contributed by atoms with E-state index in [1.165, 1.54) is 257 Å². The van der Waals surface area contributed by atoms with E-state index in [4.69, 9.17) is 14.2 Å². The van der Waals surface area contributed by atoms with Gasteiger partial charge >= 0.3 is 17.9 Å². The largest absolute Gasteiger partial charge is 0.462 e. The number of hydrogen-bond acceptors (Lipinski definition) is 6. The molecule has 0 aromatic carbocycles. The molecule has 0 N–H and O–H groups in total. The van der Waals surface area contributed by atoms with Crippen LogP contribution in [0, 0.1) is 0 Å². The molecule has 6 heteroatoms. The van der Waals surface area contributed by atoms with Crippen LogP contribution in [0.5, 0.6) is 0 Å². The molecule has 0 unspecified atom stereocenters. The second kappa shape index (κ2) is 57.0. The first-order valence-electron chi connectivity index (χ1n) is 30.5. The van der Waals surface area contributed by atoms with Crippen molar-refractivity contribution >= 4 is 17.9 Å². The molecule has 0 fully saturated rings. The first kappa shape index (κ1) is 65.4. The van der Waals surface area contributed by atoms with Gasteiger partial charge < -0.3 is 14.2 Å². The van der Waals surface area contributed by atoms with Gasteiger partial charge in [0.15, 0.2) is 6.10 Å². The first-order valence-corrected chi connectivity index (χ1v) is 30.5. The quantitative estimate of drug-likeness (QED) is 0.0343. The van der Waals surface area contributed by atoms with E-state index >= 15 is 0 Å².